The summed E-state index contributed by atoms with van der Waals surface area (Å²) < 4.78 is 11.4. The molecule has 0 radical (unpaired) electrons. The molecule has 0 aromatic heterocycles. The van der Waals surface area contributed by atoms with E-state index >= 15 is 0 Å². The maximum atomic E-state index is 11.4. The molecule has 0 amide bonds. The smallest absolute Gasteiger partial charge is 0.349 e. The molecule has 2 rings (SSSR count). The highest BCUT2D eigenvalue weighted by molar-refractivity contribution is 6.30. The van der Waals surface area contributed by atoms with Gasteiger partial charge in [0.2, 0.25) is 0 Å². The Kier molecular flexibility index (Phi) is 6.86. The zero-order chi connectivity index (χ0) is 18.2. The summed E-state index contributed by atoms with van der Waals surface area (Å²) in [6.07, 6.45) is 2.69. The second-order valence-electron chi connectivity index (χ2n) is 5.43. The van der Waals surface area contributed by atoms with Crippen molar-refractivity contribution >= 4 is 17.6 Å². The van der Waals surface area contributed by atoms with Crippen LogP contribution in [-0.2, 0) is 9.63 Å². The zero-order valence-corrected chi connectivity index (χ0v) is 15.1. The van der Waals surface area contributed by atoms with Crippen molar-refractivity contribution in [2.45, 2.75) is 13.0 Å². The van der Waals surface area contributed by atoms with Gasteiger partial charge in [-0.05, 0) is 61.5 Å². The van der Waals surface area contributed by atoms with Gasteiger partial charge >= 0.3 is 5.97 Å². The molecule has 0 saturated heterocycles. The molecule has 5 nitrogen and oxygen atoms in total. The highest BCUT2D eigenvalue weighted by Crippen LogP contribution is 2.25. The number of carbonyl (C=O) groups excluding carboxylic acids is 1. The average molecular weight is 362 g/mol. The van der Waals surface area contributed by atoms with E-state index in [1.165, 1.54) is 11.1 Å². The van der Waals surface area contributed by atoms with Crippen molar-refractivity contribution in [2.24, 2.45) is 0 Å². The topological polar surface area (TPSA) is 48.0 Å². The number of halogens is 1. The van der Waals surface area contributed by atoms with Crippen molar-refractivity contribution in [1.29, 1.82) is 0 Å². The number of nitrogens with zero attached hydrogens (tertiary/aromatic N) is 1. The molecule has 0 aliphatic rings. The van der Waals surface area contributed by atoms with Gasteiger partial charge in [0.25, 0.3) is 0 Å². The highest BCUT2D eigenvalue weighted by atomic mass is 35.5. The maximum absolute atomic E-state index is 11.4. The molecule has 2 aromatic rings. The molecule has 132 valence electrons. The molecular formula is C19H20ClNO4. The molecule has 0 N–H and O–H groups in total. The molecule has 0 aliphatic heterocycles. The van der Waals surface area contributed by atoms with Gasteiger partial charge in [-0.25, -0.2) is 4.79 Å². The number of ether oxygens (including phenoxy) is 2. The lowest BCUT2D eigenvalue weighted by Crippen LogP contribution is -2.17. The van der Waals surface area contributed by atoms with Crippen LogP contribution in [0.1, 0.15) is 6.92 Å². The van der Waals surface area contributed by atoms with Gasteiger partial charge < -0.3 is 14.3 Å². The number of benzene rings is 2. The summed E-state index contributed by atoms with van der Waals surface area (Å²) in [7, 11) is 3.28. The number of hydrogen-bond acceptors (Lipinski definition) is 5. The molecule has 0 bridgehead atoms. The number of hydrogen-bond donors (Lipinski definition) is 0. The van der Waals surface area contributed by atoms with E-state index in [2.05, 4.69) is 0 Å². The van der Waals surface area contributed by atoms with E-state index in [9.17, 15) is 4.79 Å². The standard InChI is InChI=1S/C19H20ClNO4/c1-14(4-13-19(22)25-21(2)3)23-16-9-11-18(12-10-16)24-17-7-5-15(20)6-8-17/h4-14H,1-3H3. The van der Waals surface area contributed by atoms with Gasteiger partial charge in [0.15, 0.2) is 0 Å². The van der Waals surface area contributed by atoms with Crippen molar-refractivity contribution < 1.29 is 19.1 Å². The fourth-order valence-electron chi connectivity index (χ4n) is 1.90. The highest BCUT2D eigenvalue weighted by Gasteiger charge is 2.04. The normalized spacial score (nSPS) is 12.2. The lowest BCUT2D eigenvalue weighted by molar-refractivity contribution is -0.171. The van der Waals surface area contributed by atoms with E-state index in [0.717, 1.165) is 0 Å². The van der Waals surface area contributed by atoms with E-state index < -0.39 is 5.97 Å². The summed E-state index contributed by atoms with van der Waals surface area (Å²) >= 11 is 5.84. The van der Waals surface area contributed by atoms with Crippen LogP contribution in [0.25, 0.3) is 0 Å². The number of rotatable bonds is 7. The third kappa shape index (κ3) is 6.87. The first-order chi connectivity index (χ1) is 11.9. The SMILES string of the molecule is CC(C=CC(=O)ON(C)C)Oc1ccc(Oc2ccc(Cl)cc2)cc1. The fourth-order valence-corrected chi connectivity index (χ4v) is 2.03. The molecule has 0 aliphatic carbocycles. The van der Waals surface area contributed by atoms with Crippen molar-refractivity contribution in [2.75, 3.05) is 14.1 Å². The summed E-state index contributed by atoms with van der Waals surface area (Å²) in [5.74, 6) is 1.61. The molecular weight excluding hydrogens is 342 g/mol. The first-order valence-electron chi connectivity index (χ1n) is 7.70. The number of hydroxylamine groups is 2. The van der Waals surface area contributed by atoms with Crippen LogP contribution in [-0.4, -0.2) is 31.2 Å². The monoisotopic (exact) mass is 361 g/mol. The second kappa shape index (κ2) is 9.11. The second-order valence-corrected chi connectivity index (χ2v) is 5.87. The molecule has 1 unspecified atom stereocenters. The quantitative estimate of drug-likeness (QED) is 0.537. The van der Waals surface area contributed by atoms with Crippen molar-refractivity contribution in [3.05, 3.63) is 65.7 Å². The Hall–Kier alpha value is -2.50. The molecule has 1 atom stereocenters. The van der Waals surface area contributed by atoms with E-state index in [-0.39, 0.29) is 6.10 Å². The van der Waals surface area contributed by atoms with Crippen LogP contribution in [0.4, 0.5) is 0 Å². The van der Waals surface area contributed by atoms with Crippen LogP contribution in [0.2, 0.25) is 5.02 Å². The summed E-state index contributed by atoms with van der Waals surface area (Å²) in [5.41, 5.74) is 0. The lowest BCUT2D eigenvalue weighted by Gasteiger charge is -2.12. The third-order valence-corrected chi connectivity index (χ3v) is 3.22. The third-order valence-electron chi connectivity index (χ3n) is 2.97. The minimum atomic E-state index is -0.452. The maximum Gasteiger partial charge on any atom is 0.349 e. The predicted molar refractivity (Wildman–Crippen MR) is 97.0 cm³/mol. The fraction of sp³-hybridized carbons (Fsp3) is 0.211. The van der Waals surface area contributed by atoms with Crippen LogP contribution >= 0.6 is 11.6 Å². The lowest BCUT2D eigenvalue weighted by atomic mass is 10.3. The van der Waals surface area contributed by atoms with Crippen molar-refractivity contribution in [3.8, 4) is 17.2 Å². The molecule has 0 fully saturated rings. The van der Waals surface area contributed by atoms with Gasteiger partial charge in [0.1, 0.15) is 23.4 Å². The predicted octanol–water partition coefficient (Wildman–Crippen LogP) is 4.48. The molecule has 25 heavy (non-hydrogen) atoms. The van der Waals surface area contributed by atoms with Gasteiger partial charge in [-0.2, -0.15) is 0 Å². The van der Waals surface area contributed by atoms with Gasteiger partial charge in [-0.1, -0.05) is 11.6 Å². The van der Waals surface area contributed by atoms with E-state index in [0.29, 0.717) is 22.3 Å². The minimum absolute atomic E-state index is 0.280. The van der Waals surface area contributed by atoms with Crippen molar-refractivity contribution in [1.82, 2.24) is 5.06 Å². The van der Waals surface area contributed by atoms with Crippen LogP contribution in [0.5, 0.6) is 17.2 Å². The number of carbonyl (C=O) groups is 1. The van der Waals surface area contributed by atoms with E-state index in [1.807, 2.05) is 6.92 Å². The molecule has 0 heterocycles. The Morgan fingerprint density at radius 2 is 1.52 bits per heavy atom. The van der Waals surface area contributed by atoms with Crippen LogP contribution in [0.15, 0.2) is 60.7 Å². The van der Waals surface area contributed by atoms with E-state index in [4.69, 9.17) is 25.9 Å². The average Bonchev–Trinajstić information content (AvgIpc) is 2.56. The van der Waals surface area contributed by atoms with E-state index in [1.54, 1.807) is 68.7 Å². The Bertz CT molecular complexity index is 711. The van der Waals surface area contributed by atoms with Crippen LogP contribution < -0.4 is 9.47 Å². The summed E-state index contributed by atoms with van der Waals surface area (Å²) in [4.78, 5) is 16.3. The van der Waals surface area contributed by atoms with Gasteiger partial charge in [0, 0.05) is 25.2 Å². The molecule has 0 saturated carbocycles. The Balaban J connectivity index is 1.88. The molecule has 2 aromatic carbocycles. The van der Waals surface area contributed by atoms with Crippen LogP contribution in [0.3, 0.4) is 0 Å². The summed E-state index contributed by atoms with van der Waals surface area (Å²) in [5, 5.41) is 1.99. The van der Waals surface area contributed by atoms with Crippen LogP contribution in [0, 0.1) is 0 Å². The van der Waals surface area contributed by atoms with Gasteiger partial charge in [-0.3, -0.25) is 0 Å². The van der Waals surface area contributed by atoms with Gasteiger partial charge in [0.05, 0.1) is 0 Å². The summed E-state index contributed by atoms with van der Waals surface area (Å²) in [6.45, 7) is 1.83. The van der Waals surface area contributed by atoms with Crippen molar-refractivity contribution in [3.63, 3.8) is 0 Å². The Morgan fingerprint density at radius 1 is 1.00 bits per heavy atom. The van der Waals surface area contributed by atoms with Gasteiger partial charge in [-0.15, -0.1) is 5.06 Å². The minimum Gasteiger partial charge on any atom is -0.487 e. The first kappa shape index (κ1) is 18.8. The Morgan fingerprint density at radius 3 is 2.08 bits per heavy atom. The molecule has 6 heteroatoms. The summed E-state index contributed by atoms with van der Waals surface area (Å²) in [6, 6.07) is 14.3. The zero-order valence-electron chi connectivity index (χ0n) is 14.3. The Labute approximate surface area is 152 Å². The largest absolute Gasteiger partial charge is 0.487 e. The first-order valence-corrected chi connectivity index (χ1v) is 8.08. The molecule has 0 spiro atoms.